The Morgan fingerprint density at radius 1 is 1.15 bits per heavy atom. The first-order valence-electron chi connectivity index (χ1n) is 11.2. The number of methoxy groups -OCH3 is 1. The fourth-order valence-corrected chi connectivity index (χ4v) is 4.96. The largest absolute Gasteiger partial charge is 0.453 e. The average molecular weight is 479 g/mol. The molecule has 1 aliphatic heterocycles. The molecule has 0 fully saturated rings. The van der Waals surface area contributed by atoms with E-state index in [0.29, 0.717) is 18.9 Å². The number of fused-ring (bicyclic) bond motifs is 1. The minimum atomic E-state index is -0.283. The lowest BCUT2D eigenvalue weighted by molar-refractivity contribution is 0.0913. The zero-order valence-electron chi connectivity index (χ0n) is 18.9. The Morgan fingerprint density at radius 3 is 2.88 bits per heavy atom. The molecule has 0 unspecified atom stereocenters. The number of aromatic nitrogens is 4. The number of hydrogen-bond acceptors (Lipinski definition) is 8. The van der Waals surface area contributed by atoms with Crippen molar-refractivity contribution in [1.82, 2.24) is 30.0 Å². The summed E-state index contributed by atoms with van der Waals surface area (Å²) < 4.78 is 12.6. The van der Waals surface area contributed by atoms with Crippen molar-refractivity contribution in [2.45, 2.75) is 32.7 Å². The topological polar surface area (TPSA) is 98.3 Å². The summed E-state index contributed by atoms with van der Waals surface area (Å²) in [7, 11) is 1.58. The standard InChI is InChI=1S/C24H26N6O3S/c1-32-16-18-7-8-20(33-18)23(31)25-14-22-28-27-21-9-10-29(11-12-30(21)22)15-19-13-26-24(34-19)17-5-3-2-4-6-17/h2-8,13H,9-12,14-16H2,1H3,(H,25,31). The van der Waals surface area contributed by atoms with Crippen LogP contribution in [0.1, 0.15) is 32.8 Å². The second kappa shape index (κ2) is 10.3. The second-order valence-electron chi connectivity index (χ2n) is 8.09. The number of rotatable bonds is 8. The molecular formula is C24H26N6O3S. The zero-order valence-corrected chi connectivity index (χ0v) is 19.8. The molecule has 0 radical (unpaired) electrons. The predicted molar refractivity (Wildman–Crippen MR) is 127 cm³/mol. The van der Waals surface area contributed by atoms with Gasteiger partial charge in [-0.25, -0.2) is 4.98 Å². The minimum Gasteiger partial charge on any atom is -0.453 e. The third-order valence-electron chi connectivity index (χ3n) is 5.73. The highest BCUT2D eigenvalue weighted by molar-refractivity contribution is 7.15. The normalized spacial score (nSPS) is 14.0. The molecular weight excluding hydrogens is 452 g/mol. The molecule has 0 atom stereocenters. The van der Waals surface area contributed by atoms with Gasteiger partial charge in [-0.05, 0) is 12.1 Å². The number of carbonyl (C=O) groups excluding carboxylic acids is 1. The van der Waals surface area contributed by atoms with Gasteiger partial charge in [0.25, 0.3) is 5.91 Å². The third-order valence-corrected chi connectivity index (χ3v) is 6.76. The van der Waals surface area contributed by atoms with E-state index in [-0.39, 0.29) is 11.7 Å². The highest BCUT2D eigenvalue weighted by Gasteiger charge is 2.20. The van der Waals surface area contributed by atoms with Crippen molar-refractivity contribution >= 4 is 17.2 Å². The first kappa shape index (κ1) is 22.5. The van der Waals surface area contributed by atoms with E-state index in [2.05, 4.69) is 42.1 Å². The molecule has 0 saturated heterocycles. The van der Waals surface area contributed by atoms with Crippen molar-refractivity contribution in [1.29, 1.82) is 0 Å². The number of hydrogen-bond donors (Lipinski definition) is 1. The molecule has 1 N–H and O–H groups in total. The Morgan fingerprint density at radius 2 is 2.03 bits per heavy atom. The number of nitrogens with zero attached hydrogens (tertiary/aromatic N) is 5. The fourth-order valence-electron chi connectivity index (χ4n) is 4.00. The van der Waals surface area contributed by atoms with Crippen LogP contribution in [0.15, 0.2) is 53.1 Å². The maximum absolute atomic E-state index is 12.4. The van der Waals surface area contributed by atoms with Crippen LogP contribution in [0.5, 0.6) is 0 Å². The molecule has 1 aliphatic rings. The molecule has 10 heteroatoms. The van der Waals surface area contributed by atoms with Gasteiger partial charge in [-0.15, -0.1) is 21.5 Å². The summed E-state index contributed by atoms with van der Waals surface area (Å²) in [5.41, 5.74) is 1.15. The van der Waals surface area contributed by atoms with Crippen LogP contribution in [0.2, 0.25) is 0 Å². The van der Waals surface area contributed by atoms with Crippen LogP contribution in [0.4, 0.5) is 0 Å². The zero-order chi connectivity index (χ0) is 23.3. The molecule has 4 heterocycles. The maximum atomic E-state index is 12.4. The van der Waals surface area contributed by atoms with Crippen molar-refractivity contribution in [3.05, 3.63) is 76.7 Å². The predicted octanol–water partition coefficient (Wildman–Crippen LogP) is 3.13. The SMILES string of the molecule is COCc1ccc(C(=O)NCc2nnc3n2CCN(Cc2cnc(-c4ccccc4)s2)CC3)o1. The highest BCUT2D eigenvalue weighted by Crippen LogP contribution is 2.26. The van der Waals surface area contributed by atoms with Gasteiger partial charge in [-0.3, -0.25) is 9.69 Å². The van der Waals surface area contributed by atoms with Crippen LogP contribution in [0.25, 0.3) is 10.6 Å². The van der Waals surface area contributed by atoms with Gasteiger partial charge in [0, 0.05) is 56.3 Å². The molecule has 0 aliphatic carbocycles. The Hall–Kier alpha value is -3.34. The number of nitrogens with one attached hydrogen (secondary N) is 1. The van der Waals surface area contributed by atoms with Crippen molar-refractivity contribution in [2.24, 2.45) is 0 Å². The molecule has 9 nitrogen and oxygen atoms in total. The average Bonchev–Trinajstić information content (AvgIpc) is 3.58. The van der Waals surface area contributed by atoms with Crippen LogP contribution in [0.3, 0.4) is 0 Å². The van der Waals surface area contributed by atoms with Gasteiger partial charge in [-0.1, -0.05) is 30.3 Å². The minimum absolute atomic E-state index is 0.258. The molecule has 176 valence electrons. The summed E-state index contributed by atoms with van der Waals surface area (Å²) in [5, 5.41) is 12.6. The number of benzene rings is 1. The van der Waals surface area contributed by atoms with Gasteiger partial charge in [-0.2, -0.15) is 0 Å². The van der Waals surface area contributed by atoms with Gasteiger partial charge in [0.15, 0.2) is 11.6 Å². The number of carbonyl (C=O) groups is 1. The molecule has 0 saturated carbocycles. The lowest BCUT2D eigenvalue weighted by Gasteiger charge is -2.18. The Balaban J connectivity index is 1.17. The van der Waals surface area contributed by atoms with Crippen molar-refractivity contribution in [3.63, 3.8) is 0 Å². The van der Waals surface area contributed by atoms with Gasteiger partial charge in [0.2, 0.25) is 0 Å². The van der Waals surface area contributed by atoms with Crippen molar-refractivity contribution in [2.75, 3.05) is 20.2 Å². The van der Waals surface area contributed by atoms with E-state index in [1.165, 1.54) is 4.88 Å². The first-order valence-corrected chi connectivity index (χ1v) is 12.0. The van der Waals surface area contributed by atoms with E-state index in [9.17, 15) is 4.79 Å². The van der Waals surface area contributed by atoms with E-state index >= 15 is 0 Å². The fraction of sp³-hybridized carbons (Fsp3) is 0.333. The molecule has 3 aromatic heterocycles. The number of furan rings is 1. The lowest BCUT2D eigenvalue weighted by Crippen LogP contribution is -2.27. The van der Waals surface area contributed by atoms with Gasteiger partial charge < -0.3 is 19.0 Å². The summed E-state index contributed by atoms with van der Waals surface area (Å²) in [6, 6.07) is 13.7. The Bertz CT molecular complexity index is 1250. The number of thiazole rings is 1. The maximum Gasteiger partial charge on any atom is 0.287 e. The molecule has 4 aromatic rings. The van der Waals surface area contributed by atoms with E-state index in [1.807, 2.05) is 24.4 Å². The van der Waals surface area contributed by atoms with Crippen molar-refractivity contribution in [3.8, 4) is 10.6 Å². The van der Waals surface area contributed by atoms with Crippen LogP contribution >= 0.6 is 11.3 Å². The molecule has 34 heavy (non-hydrogen) atoms. The van der Waals surface area contributed by atoms with Gasteiger partial charge in [0.05, 0.1) is 6.54 Å². The first-order chi connectivity index (χ1) is 16.7. The summed E-state index contributed by atoms with van der Waals surface area (Å²) in [6.07, 6.45) is 2.79. The van der Waals surface area contributed by atoms with Gasteiger partial charge in [0.1, 0.15) is 23.2 Å². The molecule has 1 amide bonds. The smallest absolute Gasteiger partial charge is 0.287 e. The Labute approximate surface area is 201 Å². The molecule has 5 rings (SSSR count). The summed E-state index contributed by atoms with van der Waals surface area (Å²) >= 11 is 1.74. The van der Waals surface area contributed by atoms with Crippen LogP contribution in [-0.2, 0) is 37.4 Å². The van der Waals surface area contributed by atoms with Crippen LogP contribution in [0, 0.1) is 0 Å². The molecule has 1 aromatic carbocycles. The van der Waals surface area contributed by atoms with E-state index in [1.54, 1.807) is 30.6 Å². The van der Waals surface area contributed by atoms with Crippen molar-refractivity contribution < 1.29 is 13.9 Å². The summed E-state index contributed by atoms with van der Waals surface area (Å²) in [6.45, 7) is 4.03. The Kier molecular flexibility index (Phi) is 6.79. The summed E-state index contributed by atoms with van der Waals surface area (Å²) in [5.74, 6) is 2.28. The molecule has 0 spiro atoms. The van der Waals surface area contributed by atoms with Crippen LogP contribution in [-0.4, -0.2) is 50.8 Å². The summed E-state index contributed by atoms with van der Waals surface area (Å²) in [4.78, 5) is 20.7. The quantitative estimate of drug-likeness (QED) is 0.415. The molecule has 0 bridgehead atoms. The monoisotopic (exact) mass is 478 g/mol. The highest BCUT2D eigenvalue weighted by atomic mass is 32.1. The van der Waals surface area contributed by atoms with Crippen LogP contribution < -0.4 is 5.32 Å². The second-order valence-corrected chi connectivity index (χ2v) is 9.20. The van der Waals surface area contributed by atoms with E-state index in [4.69, 9.17) is 9.15 Å². The lowest BCUT2D eigenvalue weighted by atomic mass is 10.2. The third kappa shape index (κ3) is 5.09. The number of amides is 1. The van der Waals surface area contributed by atoms with E-state index in [0.717, 1.165) is 54.8 Å². The van der Waals surface area contributed by atoms with Gasteiger partial charge >= 0.3 is 0 Å². The van der Waals surface area contributed by atoms with E-state index < -0.39 is 0 Å². The number of ether oxygens (including phenoxy) is 1.